The summed E-state index contributed by atoms with van der Waals surface area (Å²) in [5, 5.41) is 20.5. The van der Waals surface area contributed by atoms with Crippen LogP contribution >= 0.6 is 35.0 Å². The van der Waals surface area contributed by atoms with Crippen LogP contribution in [0.4, 0.5) is 5.69 Å². The number of aromatic nitrogens is 1. The Kier molecular flexibility index (Phi) is 4.66. The third-order valence-corrected chi connectivity index (χ3v) is 4.10. The van der Waals surface area contributed by atoms with E-state index in [0.29, 0.717) is 5.03 Å². The Labute approximate surface area is 132 Å². The molecule has 6 nitrogen and oxygen atoms in total. The zero-order valence-corrected chi connectivity index (χ0v) is 12.4. The first-order valence-electron chi connectivity index (χ1n) is 5.39. The normalized spacial score (nSPS) is 10.4. The lowest BCUT2D eigenvalue weighted by molar-refractivity contribution is -0.387. The van der Waals surface area contributed by atoms with Crippen molar-refractivity contribution >= 4 is 46.6 Å². The fourth-order valence-corrected chi connectivity index (χ4v) is 2.78. The number of rotatable bonds is 4. The molecule has 0 fully saturated rings. The number of hydrogen-bond donors (Lipinski definition) is 1. The Bertz CT molecular complexity index is 739. The maximum atomic E-state index is 11.0. The van der Waals surface area contributed by atoms with Gasteiger partial charge < -0.3 is 5.11 Å². The molecule has 0 aliphatic heterocycles. The van der Waals surface area contributed by atoms with Crippen LogP contribution in [0.1, 0.15) is 10.4 Å². The molecule has 1 heterocycles. The van der Waals surface area contributed by atoms with Crippen molar-refractivity contribution in [3.63, 3.8) is 0 Å². The topological polar surface area (TPSA) is 93.3 Å². The Balaban J connectivity index is 2.43. The highest BCUT2D eigenvalue weighted by molar-refractivity contribution is 7.99. The van der Waals surface area contributed by atoms with E-state index in [2.05, 4.69) is 4.98 Å². The summed E-state index contributed by atoms with van der Waals surface area (Å²) in [6, 6.07) is 5.14. The summed E-state index contributed by atoms with van der Waals surface area (Å²) in [6.07, 6.45) is 1.31. The Hall–Kier alpha value is -1.83. The Morgan fingerprint density at radius 1 is 1.29 bits per heavy atom. The molecule has 0 spiro atoms. The third-order valence-electron chi connectivity index (χ3n) is 2.39. The van der Waals surface area contributed by atoms with E-state index in [1.807, 2.05) is 0 Å². The predicted molar refractivity (Wildman–Crippen MR) is 78.4 cm³/mol. The molecule has 2 aromatic rings. The fourth-order valence-electron chi connectivity index (χ4n) is 1.45. The van der Waals surface area contributed by atoms with Gasteiger partial charge in [-0.25, -0.2) is 9.78 Å². The van der Waals surface area contributed by atoms with Gasteiger partial charge in [0.25, 0.3) is 5.69 Å². The smallest absolute Gasteiger partial charge is 0.335 e. The summed E-state index contributed by atoms with van der Waals surface area (Å²) in [5.41, 5.74) is -0.188. The van der Waals surface area contributed by atoms with Crippen LogP contribution in [0.5, 0.6) is 0 Å². The van der Waals surface area contributed by atoms with Crippen LogP contribution in [0, 0.1) is 10.1 Å². The molecule has 0 aliphatic carbocycles. The van der Waals surface area contributed by atoms with Gasteiger partial charge in [0.15, 0.2) is 0 Å². The van der Waals surface area contributed by atoms with E-state index in [1.54, 1.807) is 0 Å². The fraction of sp³-hybridized carbons (Fsp3) is 0. The highest BCUT2D eigenvalue weighted by Gasteiger charge is 2.19. The molecule has 0 saturated heterocycles. The second-order valence-electron chi connectivity index (χ2n) is 3.78. The van der Waals surface area contributed by atoms with Gasteiger partial charge in [0.05, 0.1) is 25.4 Å². The highest BCUT2D eigenvalue weighted by atomic mass is 35.5. The number of hydrogen-bond acceptors (Lipinski definition) is 5. The second kappa shape index (κ2) is 6.30. The van der Waals surface area contributed by atoms with E-state index in [1.165, 1.54) is 24.4 Å². The summed E-state index contributed by atoms with van der Waals surface area (Å²) in [5.74, 6) is -1.11. The molecule has 0 bridgehead atoms. The summed E-state index contributed by atoms with van der Waals surface area (Å²) in [7, 11) is 0. The number of aromatic carboxylic acids is 1. The molecule has 0 aliphatic rings. The maximum absolute atomic E-state index is 11.0. The second-order valence-corrected chi connectivity index (χ2v) is 5.66. The van der Waals surface area contributed by atoms with E-state index in [-0.39, 0.29) is 26.2 Å². The zero-order valence-electron chi connectivity index (χ0n) is 10.1. The number of carboxylic acids is 1. The van der Waals surface area contributed by atoms with E-state index in [4.69, 9.17) is 28.3 Å². The van der Waals surface area contributed by atoms with Crippen LogP contribution in [0.25, 0.3) is 0 Å². The molecule has 0 radical (unpaired) electrons. The molecule has 0 atom stereocenters. The molecule has 0 saturated carbocycles. The minimum atomic E-state index is -1.11. The average Bonchev–Trinajstić information content (AvgIpc) is 2.42. The third kappa shape index (κ3) is 3.63. The van der Waals surface area contributed by atoms with E-state index >= 15 is 0 Å². The average molecular weight is 345 g/mol. The molecule has 9 heteroatoms. The predicted octanol–water partition coefficient (Wildman–Crippen LogP) is 4.15. The van der Waals surface area contributed by atoms with E-state index < -0.39 is 10.9 Å². The number of nitro benzene ring substituents is 1. The lowest BCUT2D eigenvalue weighted by atomic mass is 10.3. The van der Waals surface area contributed by atoms with Crippen molar-refractivity contribution in [1.29, 1.82) is 0 Å². The summed E-state index contributed by atoms with van der Waals surface area (Å²) < 4.78 is 0. The van der Waals surface area contributed by atoms with Crippen LogP contribution in [0.3, 0.4) is 0 Å². The summed E-state index contributed by atoms with van der Waals surface area (Å²) in [6.45, 7) is 0. The number of carboxylic acid groups (broad SMARTS) is 1. The number of pyridine rings is 1. The number of benzene rings is 1. The van der Waals surface area contributed by atoms with Gasteiger partial charge in [-0.05, 0) is 18.2 Å². The van der Waals surface area contributed by atoms with Gasteiger partial charge >= 0.3 is 5.97 Å². The Morgan fingerprint density at radius 3 is 2.57 bits per heavy atom. The largest absolute Gasteiger partial charge is 0.478 e. The molecule has 1 aromatic heterocycles. The molecule has 108 valence electrons. The number of carbonyl (C=O) groups is 1. The first-order valence-corrected chi connectivity index (χ1v) is 6.96. The minimum Gasteiger partial charge on any atom is -0.478 e. The van der Waals surface area contributed by atoms with Crippen molar-refractivity contribution < 1.29 is 14.8 Å². The summed E-state index contributed by atoms with van der Waals surface area (Å²) in [4.78, 5) is 25.5. The van der Waals surface area contributed by atoms with Crippen molar-refractivity contribution in [2.24, 2.45) is 0 Å². The number of nitrogens with zero attached hydrogens (tertiary/aromatic N) is 2. The van der Waals surface area contributed by atoms with Gasteiger partial charge in [-0.3, -0.25) is 10.1 Å². The molecule has 1 N–H and O–H groups in total. The molecular formula is C12H6Cl2N2O4S. The minimum absolute atomic E-state index is 0.0372. The monoisotopic (exact) mass is 344 g/mol. The van der Waals surface area contributed by atoms with Gasteiger partial charge in [-0.15, -0.1) is 0 Å². The molecule has 21 heavy (non-hydrogen) atoms. The van der Waals surface area contributed by atoms with Crippen molar-refractivity contribution in [2.75, 3.05) is 0 Å². The molecule has 0 unspecified atom stereocenters. The van der Waals surface area contributed by atoms with Crippen molar-refractivity contribution in [3.05, 3.63) is 56.2 Å². The van der Waals surface area contributed by atoms with Crippen molar-refractivity contribution in [1.82, 2.24) is 4.98 Å². The lowest BCUT2D eigenvalue weighted by Gasteiger charge is -2.05. The van der Waals surface area contributed by atoms with Crippen molar-refractivity contribution in [3.8, 4) is 0 Å². The van der Waals surface area contributed by atoms with Gasteiger partial charge in [-0.1, -0.05) is 35.0 Å². The molecule has 1 aromatic carbocycles. The van der Waals surface area contributed by atoms with E-state index in [9.17, 15) is 14.9 Å². The maximum Gasteiger partial charge on any atom is 0.335 e. The summed E-state index contributed by atoms with van der Waals surface area (Å²) >= 11 is 12.6. The lowest BCUT2D eigenvalue weighted by Crippen LogP contribution is -1.97. The first kappa shape index (κ1) is 15.6. The SMILES string of the molecule is O=C(O)c1ccnc(Sc2cc(Cl)c(Cl)cc2[N+](=O)[O-])c1. The Morgan fingerprint density at radius 2 is 1.95 bits per heavy atom. The molecule has 0 amide bonds. The van der Waals surface area contributed by atoms with Crippen LogP contribution in [0.15, 0.2) is 40.4 Å². The van der Waals surface area contributed by atoms with Gasteiger partial charge in [0.2, 0.25) is 0 Å². The van der Waals surface area contributed by atoms with Gasteiger partial charge in [0, 0.05) is 12.3 Å². The van der Waals surface area contributed by atoms with Gasteiger partial charge in [-0.2, -0.15) is 0 Å². The van der Waals surface area contributed by atoms with Crippen LogP contribution in [-0.4, -0.2) is 21.0 Å². The van der Waals surface area contributed by atoms with Crippen molar-refractivity contribution in [2.45, 2.75) is 9.92 Å². The standard InChI is InChI=1S/C12H6Cl2N2O4S/c13-7-4-9(16(19)20)10(5-8(7)14)21-11-3-6(12(17)18)1-2-15-11/h1-5H,(H,17,18). The van der Waals surface area contributed by atoms with Crippen LogP contribution < -0.4 is 0 Å². The highest BCUT2D eigenvalue weighted by Crippen LogP contribution is 2.39. The number of halogens is 2. The zero-order chi connectivity index (χ0) is 15.6. The first-order chi connectivity index (χ1) is 9.88. The van der Waals surface area contributed by atoms with E-state index in [0.717, 1.165) is 17.8 Å². The van der Waals surface area contributed by atoms with Gasteiger partial charge in [0.1, 0.15) is 5.03 Å². The quantitative estimate of drug-likeness (QED) is 0.661. The molecular weight excluding hydrogens is 339 g/mol. The van der Waals surface area contributed by atoms with Crippen LogP contribution in [0.2, 0.25) is 10.0 Å². The van der Waals surface area contributed by atoms with Crippen LogP contribution in [-0.2, 0) is 0 Å². The number of nitro groups is 1. The molecule has 2 rings (SSSR count).